The van der Waals surface area contributed by atoms with Gasteiger partial charge in [-0.25, -0.2) is 13.6 Å². The third kappa shape index (κ3) is 5.85. The molecule has 0 saturated carbocycles. The van der Waals surface area contributed by atoms with Crippen LogP contribution in [0.2, 0.25) is 0 Å². The summed E-state index contributed by atoms with van der Waals surface area (Å²) in [4.78, 5) is 12.2. The van der Waals surface area contributed by atoms with Crippen LogP contribution < -0.4 is 10.5 Å². The molecule has 0 saturated heterocycles. The van der Waals surface area contributed by atoms with Crippen LogP contribution in [0.4, 0.5) is 0 Å². The maximum atomic E-state index is 11.8. The minimum atomic E-state index is -3.58. The number of nitrogens with two attached hydrogens (primary N) is 1. The van der Waals surface area contributed by atoms with E-state index in [1.165, 1.54) is 11.3 Å². The molecule has 0 aliphatic carbocycles. The van der Waals surface area contributed by atoms with Crippen molar-refractivity contribution in [2.75, 3.05) is 18.9 Å². The van der Waals surface area contributed by atoms with Crippen molar-refractivity contribution in [2.45, 2.75) is 6.42 Å². The summed E-state index contributed by atoms with van der Waals surface area (Å²) in [6.45, 7) is -0.0773. The molecule has 19 heavy (non-hydrogen) atoms. The van der Waals surface area contributed by atoms with Gasteiger partial charge >= 0.3 is 0 Å². The number of hydrogen-bond acceptors (Lipinski definition) is 5. The summed E-state index contributed by atoms with van der Waals surface area (Å²) < 4.78 is 21.4. The Labute approximate surface area is 115 Å². The van der Waals surface area contributed by atoms with Gasteiger partial charge in [0.25, 0.3) is 5.91 Å². The first-order valence-electron chi connectivity index (χ1n) is 5.40. The summed E-state index contributed by atoms with van der Waals surface area (Å²) in [7, 11) is -3.58. The lowest BCUT2D eigenvalue weighted by molar-refractivity contribution is 0.0960. The predicted molar refractivity (Wildman–Crippen MR) is 73.2 cm³/mol. The Morgan fingerprint density at radius 1 is 1.53 bits per heavy atom. The lowest BCUT2D eigenvalue weighted by Gasteiger charge is -2.02. The van der Waals surface area contributed by atoms with Gasteiger partial charge in [-0.2, -0.15) is 0 Å². The number of thiophene rings is 1. The second-order valence-electron chi connectivity index (χ2n) is 3.56. The fourth-order valence-electron chi connectivity index (χ4n) is 1.18. The molecule has 0 spiro atoms. The van der Waals surface area contributed by atoms with Crippen LogP contribution in [0.1, 0.15) is 21.7 Å². The molecule has 0 unspecified atom stereocenters. The van der Waals surface area contributed by atoms with E-state index in [9.17, 15) is 13.2 Å². The molecule has 0 aliphatic heterocycles. The van der Waals surface area contributed by atoms with Crippen molar-refractivity contribution < 1.29 is 18.3 Å². The second kappa shape index (κ2) is 7.25. The summed E-state index contributed by atoms with van der Waals surface area (Å²) in [6, 6.07) is 1.70. The monoisotopic (exact) mass is 302 g/mol. The van der Waals surface area contributed by atoms with Gasteiger partial charge in [0.2, 0.25) is 10.0 Å². The van der Waals surface area contributed by atoms with E-state index in [0.717, 1.165) is 0 Å². The highest BCUT2D eigenvalue weighted by Crippen LogP contribution is 2.15. The summed E-state index contributed by atoms with van der Waals surface area (Å²) >= 11 is 1.22. The van der Waals surface area contributed by atoms with Crippen molar-refractivity contribution in [3.63, 3.8) is 0 Å². The van der Waals surface area contributed by atoms with Gasteiger partial charge in [0.05, 0.1) is 12.4 Å². The molecule has 6 nitrogen and oxygen atoms in total. The van der Waals surface area contributed by atoms with E-state index in [1.54, 1.807) is 11.4 Å². The lowest BCUT2D eigenvalue weighted by atomic mass is 10.2. The predicted octanol–water partition coefficient (Wildman–Crippen LogP) is -0.500. The SMILES string of the molecule is NS(=O)(=O)CCNC(=O)c1sccc1C#CCCO. The molecule has 1 rings (SSSR count). The standard InChI is InChI=1S/C11H14N2O4S2/c12-19(16,17)8-5-13-11(15)10-9(4-7-18-10)3-1-2-6-14/h4,7,14H,2,5-6,8H2,(H,13,15)(H2,12,16,17). The Hall–Kier alpha value is -1.40. The zero-order valence-electron chi connectivity index (χ0n) is 10.0. The molecule has 0 bridgehead atoms. The number of carbonyl (C=O) groups excluding carboxylic acids is 1. The van der Waals surface area contributed by atoms with Gasteiger partial charge in [-0.05, 0) is 11.4 Å². The lowest BCUT2D eigenvalue weighted by Crippen LogP contribution is -2.31. The summed E-state index contributed by atoms with van der Waals surface area (Å²) in [5.41, 5.74) is 0.562. The quantitative estimate of drug-likeness (QED) is 0.637. The van der Waals surface area contributed by atoms with Gasteiger partial charge in [0.15, 0.2) is 0 Å². The zero-order valence-corrected chi connectivity index (χ0v) is 11.7. The van der Waals surface area contributed by atoms with E-state index in [1.807, 2.05) is 0 Å². The fraction of sp³-hybridized carbons (Fsp3) is 0.364. The topological polar surface area (TPSA) is 109 Å². The van der Waals surface area contributed by atoms with Crippen molar-refractivity contribution in [3.8, 4) is 11.8 Å². The van der Waals surface area contributed by atoms with Crippen LogP contribution in [0.25, 0.3) is 0 Å². The Kier molecular flexibility index (Phi) is 5.98. The van der Waals surface area contributed by atoms with E-state index in [0.29, 0.717) is 16.9 Å². The number of aliphatic hydroxyl groups is 1. The van der Waals surface area contributed by atoms with Crippen LogP contribution in [0.3, 0.4) is 0 Å². The number of hydrogen-bond donors (Lipinski definition) is 3. The molecule has 0 aliphatic rings. The van der Waals surface area contributed by atoms with Gasteiger partial charge < -0.3 is 10.4 Å². The van der Waals surface area contributed by atoms with Crippen LogP contribution in [0, 0.1) is 11.8 Å². The molecular formula is C11H14N2O4S2. The van der Waals surface area contributed by atoms with Gasteiger partial charge in [-0.1, -0.05) is 11.8 Å². The van der Waals surface area contributed by atoms with Gasteiger partial charge in [0, 0.05) is 18.5 Å². The highest BCUT2D eigenvalue weighted by atomic mass is 32.2. The highest BCUT2D eigenvalue weighted by Gasteiger charge is 2.12. The first-order valence-corrected chi connectivity index (χ1v) is 7.99. The van der Waals surface area contributed by atoms with Crippen LogP contribution in [0.15, 0.2) is 11.4 Å². The Bertz CT molecular complexity index is 596. The molecule has 0 fully saturated rings. The highest BCUT2D eigenvalue weighted by molar-refractivity contribution is 7.89. The molecule has 1 aromatic rings. The minimum Gasteiger partial charge on any atom is -0.395 e. The van der Waals surface area contributed by atoms with Gasteiger partial charge in [-0.3, -0.25) is 4.79 Å². The molecule has 4 N–H and O–H groups in total. The molecule has 1 aromatic heterocycles. The number of aliphatic hydroxyl groups excluding tert-OH is 1. The first kappa shape index (κ1) is 15.7. The molecule has 1 heterocycles. The van der Waals surface area contributed by atoms with Gasteiger partial charge in [-0.15, -0.1) is 11.3 Å². The van der Waals surface area contributed by atoms with E-state index in [-0.39, 0.29) is 24.8 Å². The Morgan fingerprint density at radius 3 is 2.89 bits per heavy atom. The molecule has 8 heteroatoms. The number of sulfonamides is 1. The van der Waals surface area contributed by atoms with E-state index in [4.69, 9.17) is 10.2 Å². The maximum Gasteiger partial charge on any atom is 0.262 e. The van der Waals surface area contributed by atoms with Crippen molar-refractivity contribution in [3.05, 3.63) is 21.9 Å². The number of rotatable bonds is 5. The van der Waals surface area contributed by atoms with Crippen molar-refractivity contribution in [1.29, 1.82) is 0 Å². The van der Waals surface area contributed by atoms with Crippen LogP contribution in [-0.2, 0) is 10.0 Å². The summed E-state index contributed by atoms with van der Waals surface area (Å²) in [6.07, 6.45) is 0.336. The number of carbonyl (C=O) groups is 1. The van der Waals surface area contributed by atoms with E-state index in [2.05, 4.69) is 17.2 Å². The summed E-state index contributed by atoms with van der Waals surface area (Å²) in [5, 5.41) is 17.6. The molecule has 0 radical (unpaired) electrons. The fourth-order valence-corrected chi connectivity index (χ4v) is 2.34. The minimum absolute atomic E-state index is 0.0347. The summed E-state index contributed by atoms with van der Waals surface area (Å²) in [5.74, 6) is 4.81. The maximum absolute atomic E-state index is 11.8. The average molecular weight is 302 g/mol. The van der Waals surface area contributed by atoms with Crippen LogP contribution in [-0.4, -0.2) is 38.3 Å². The molecular weight excluding hydrogens is 288 g/mol. The largest absolute Gasteiger partial charge is 0.395 e. The van der Waals surface area contributed by atoms with Gasteiger partial charge in [0.1, 0.15) is 4.88 Å². The molecule has 0 atom stereocenters. The van der Waals surface area contributed by atoms with Crippen molar-refractivity contribution >= 4 is 27.3 Å². The van der Waals surface area contributed by atoms with E-state index >= 15 is 0 Å². The van der Waals surface area contributed by atoms with Crippen LogP contribution in [0.5, 0.6) is 0 Å². The Balaban J connectivity index is 2.63. The molecule has 0 aromatic carbocycles. The number of primary sulfonamides is 1. The molecule has 1 amide bonds. The smallest absolute Gasteiger partial charge is 0.262 e. The normalized spacial score (nSPS) is 10.6. The van der Waals surface area contributed by atoms with Crippen molar-refractivity contribution in [1.82, 2.24) is 5.32 Å². The second-order valence-corrected chi connectivity index (χ2v) is 6.21. The number of amides is 1. The molecule has 104 valence electrons. The van der Waals surface area contributed by atoms with E-state index < -0.39 is 10.0 Å². The third-order valence-electron chi connectivity index (χ3n) is 2.00. The first-order chi connectivity index (χ1) is 8.94. The third-order valence-corrected chi connectivity index (χ3v) is 3.69. The Morgan fingerprint density at radius 2 is 2.26 bits per heavy atom. The van der Waals surface area contributed by atoms with Crippen LogP contribution >= 0.6 is 11.3 Å². The number of nitrogens with one attached hydrogen (secondary N) is 1. The van der Waals surface area contributed by atoms with Crippen molar-refractivity contribution in [2.24, 2.45) is 5.14 Å². The average Bonchev–Trinajstić information content (AvgIpc) is 2.76. The zero-order chi connectivity index (χ0) is 14.3.